The molecule has 0 spiro atoms. The van der Waals surface area contributed by atoms with Gasteiger partial charge in [0.05, 0.1) is 5.56 Å². The van der Waals surface area contributed by atoms with Crippen LogP contribution in [0.3, 0.4) is 0 Å². The Morgan fingerprint density at radius 1 is 1.24 bits per heavy atom. The number of halogens is 2. The van der Waals surface area contributed by atoms with Gasteiger partial charge in [-0.3, -0.25) is 9.59 Å². The van der Waals surface area contributed by atoms with Crippen molar-refractivity contribution in [2.45, 2.75) is 45.1 Å². The van der Waals surface area contributed by atoms with E-state index in [9.17, 15) is 18.4 Å². The van der Waals surface area contributed by atoms with Crippen LogP contribution >= 0.6 is 0 Å². The smallest absolute Gasteiger partial charge is 0.255 e. The van der Waals surface area contributed by atoms with Crippen LogP contribution in [0.25, 0.3) is 0 Å². The van der Waals surface area contributed by atoms with Crippen LogP contribution < -0.4 is 11.1 Å². The summed E-state index contributed by atoms with van der Waals surface area (Å²) in [6.07, 6.45) is 4.11. The van der Waals surface area contributed by atoms with Crippen molar-refractivity contribution >= 4 is 11.8 Å². The fraction of sp³-hybridized carbons (Fsp3) is 0.467. The Labute approximate surface area is 122 Å². The van der Waals surface area contributed by atoms with E-state index in [1.54, 1.807) is 0 Å². The second-order valence-electron chi connectivity index (χ2n) is 4.88. The van der Waals surface area contributed by atoms with Crippen LogP contribution in [0.4, 0.5) is 8.78 Å². The van der Waals surface area contributed by atoms with E-state index >= 15 is 0 Å². The van der Waals surface area contributed by atoms with Crippen LogP contribution in [0.1, 0.15) is 49.4 Å². The highest BCUT2D eigenvalue weighted by molar-refractivity contribution is 5.97. The zero-order valence-corrected chi connectivity index (χ0v) is 12.0. The van der Waals surface area contributed by atoms with Crippen LogP contribution in [0.2, 0.25) is 0 Å². The maximum absolute atomic E-state index is 13.5. The zero-order chi connectivity index (χ0) is 15.8. The number of unbranched alkanes of at least 4 members (excludes halogenated alkanes) is 3. The van der Waals surface area contributed by atoms with Gasteiger partial charge in [0, 0.05) is 0 Å². The van der Waals surface area contributed by atoms with Crippen molar-refractivity contribution in [3.63, 3.8) is 0 Å². The molecule has 1 aromatic carbocycles. The van der Waals surface area contributed by atoms with Gasteiger partial charge < -0.3 is 11.1 Å². The SMILES string of the molecule is CCCCCC[C@H](NC(=O)c1cccc(F)c1F)C(N)=O. The molecule has 0 aromatic heterocycles. The molecule has 2 amide bonds. The Bertz CT molecular complexity index is 506. The number of primary amides is 1. The third kappa shape index (κ3) is 5.13. The van der Waals surface area contributed by atoms with E-state index in [1.165, 1.54) is 6.07 Å². The third-order valence-corrected chi connectivity index (χ3v) is 3.19. The van der Waals surface area contributed by atoms with E-state index in [0.717, 1.165) is 37.8 Å². The predicted octanol–water partition coefficient (Wildman–Crippen LogP) is 2.52. The van der Waals surface area contributed by atoms with Crippen LogP contribution in [-0.2, 0) is 4.79 Å². The van der Waals surface area contributed by atoms with E-state index < -0.39 is 35.1 Å². The number of nitrogens with one attached hydrogen (secondary N) is 1. The zero-order valence-electron chi connectivity index (χ0n) is 12.0. The van der Waals surface area contributed by atoms with Gasteiger partial charge in [0.25, 0.3) is 5.91 Å². The molecular formula is C15H20F2N2O2. The van der Waals surface area contributed by atoms with Crippen molar-refractivity contribution in [1.29, 1.82) is 0 Å². The van der Waals surface area contributed by atoms with Crippen molar-refractivity contribution in [3.8, 4) is 0 Å². The van der Waals surface area contributed by atoms with E-state index in [4.69, 9.17) is 5.73 Å². The van der Waals surface area contributed by atoms with Gasteiger partial charge in [-0.25, -0.2) is 8.78 Å². The quantitative estimate of drug-likeness (QED) is 0.724. The van der Waals surface area contributed by atoms with Crippen LogP contribution in [0.5, 0.6) is 0 Å². The summed E-state index contributed by atoms with van der Waals surface area (Å²) in [7, 11) is 0. The Hall–Kier alpha value is -1.98. The Morgan fingerprint density at radius 2 is 1.95 bits per heavy atom. The van der Waals surface area contributed by atoms with Gasteiger partial charge >= 0.3 is 0 Å². The fourth-order valence-corrected chi connectivity index (χ4v) is 1.98. The maximum Gasteiger partial charge on any atom is 0.255 e. The summed E-state index contributed by atoms with van der Waals surface area (Å²) in [5, 5.41) is 2.36. The molecule has 0 aliphatic heterocycles. The highest BCUT2D eigenvalue weighted by Gasteiger charge is 2.21. The summed E-state index contributed by atoms with van der Waals surface area (Å²) in [4.78, 5) is 23.2. The number of amides is 2. The minimum Gasteiger partial charge on any atom is -0.368 e. The molecule has 1 atom stereocenters. The molecule has 1 aromatic rings. The molecule has 0 unspecified atom stereocenters. The summed E-state index contributed by atoms with van der Waals surface area (Å²) in [5.41, 5.74) is 4.79. The maximum atomic E-state index is 13.5. The van der Waals surface area contributed by atoms with Crippen LogP contribution in [-0.4, -0.2) is 17.9 Å². The lowest BCUT2D eigenvalue weighted by atomic mass is 10.1. The number of benzene rings is 1. The van der Waals surface area contributed by atoms with Gasteiger partial charge in [-0.2, -0.15) is 0 Å². The lowest BCUT2D eigenvalue weighted by Gasteiger charge is -2.15. The molecule has 6 heteroatoms. The van der Waals surface area contributed by atoms with Crippen molar-refractivity contribution in [2.24, 2.45) is 5.73 Å². The lowest BCUT2D eigenvalue weighted by molar-refractivity contribution is -0.120. The van der Waals surface area contributed by atoms with Gasteiger partial charge in [-0.15, -0.1) is 0 Å². The third-order valence-electron chi connectivity index (χ3n) is 3.19. The summed E-state index contributed by atoms with van der Waals surface area (Å²) in [6, 6.07) is 2.43. The second kappa shape index (κ2) is 8.34. The molecule has 0 saturated heterocycles. The van der Waals surface area contributed by atoms with E-state index in [2.05, 4.69) is 12.2 Å². The number of hydrogen-bond acceptors (Lipinski definition) is 2. The molecule has 21 heavy (non-hydrogen) atoms. The van der Waals surface area contributed by atoms with E-state index in [-0.39, 0.29) is 0 Å². The standard InChI is InChI=1S/C15H20F2N2O2/c1-2-3-4-5-9-12(14(18)20)19-15(21)10-7-6-8-11(16)13(10)17/h6-8,12H,2-5,9H2,1H3,(H2,18,20)(H,19,21)/t12-/m0/s1. The highest BCUT2D eigenvalue weighted by atomic mass is 19.2. The monoisotopic (exact) mass is 298 g/mol. The number of nitrogens with two attached hydrogens (primary N) is 1. The first kappa shape index (κ1) is 17.1. The number of carbonyl (C=O) groups is 2. The van der Waals surface area contributed by atoms with Gasteiger partial charge in [0.2, 0.25) is 5.91 Å². The van der Waals surface area contributed by atoms with Crippen molar-refractivity contribution in [3.05, 3.63) is 35.4 Å². The Kier molecular flexibility index (Phi) is 6.78. The van der Waals surface area contributed by atoms with Gasteiger partial charge in [-0.05, 0) is 18.6 Å². The average molecular weight is 298 g/mol. The van der Waals surface area contributed by atoms with Gasteiger partial charge in [0.15, 0.2) is 11.6 Å². The molecule has 0 aliphatic carbocycles. The van der Waals surface area contributed by atoms with E-state index in [1.807, 2.05) is 0 Å². The van der Waals surface area contributed by atoms with E-state index in [0.29, 0.717) is 6.42 Å². The molecule has 0 saturated carbocycles. The number of hydrogen-bond donors (Lipinski definition) is 2. The first-order valence-electron chi connectivity index (χ1n) is 7.01. The molecule has 0 aliphatic rings. The topological polar surface area (TPSA) is 72.2 Å². The first-order chi connectivity index (χ1) is 9.97. The summed E-state index contributed by atoms with van der Waals surface area (Å²) >= 11 is 0. The lowest BCUT2D eigenvalue weighted by Crippen LogP contribution is -2.44. The largest absolute Gasteiger partial charge is 0.368 e. The molecule has 0 fully saturated rings. The van der Waals surface area contributed by atoms with Crippen LogP contribution in [0.15, 0.2) is 18.2 Å². The molecule has 4 nitrogen and oxygen atoms in total. The minimum atomic E-state index is -1.23. The molecule has 0 bridgehead atoms. The minimum absolute atomic E-state index is 0.387. The van der Waals surface area contributed by atoms with Crippen LogP contribution in [0, 0.1) is 11.6 Å². The summed E-state index contributed by atoms with van der Waals surface area (Å²) < 4.78 is 26.6. The van der Waals surface area contributed by atoms with Crippen molar-refractivity contribution in [2.75, 3.05) is 0 Å². The predicted molar refractivity (Wildman–Crippen MR) is 75.6 cm³/mol. The fourth-order valence-electron chi connectivity index (χ4n) is 1.98. The second-order valence-corrected chi connectivity index (χ2v) is 4.88. The normalized spacial score (nSPS) is 12.0. The Morgan fingerprint density at radius 3 is 2.57 bits per heavy atom. The number of rotatable bonds is 8. The summed E-state index contributed by atoms with van der Waals surface area (Å²) in [5.74, 6) is -3.87. The van der Waals surface area contributed by atoms with Gasteiger partial charge in [0.1, 0.15) is 6.04 Å². The van der Waals surface area contributed by atoms with Crippen molar-refractivity contribution in [1.82, 2.24) is 5.32 Å². The van der Waals surface area contributed by atoms with Gasteiger partial charge in [-0.1, -0.05) is 38.7 Å². The molecule has 0 heterocycles. The molecule has 0 radical (unpaired) electrons. The molecule has 116 valence electrons. The highest BCUT2D eigenvalue weighted by Crippen LogP contribution is 2.12. The Balaban J connectivity index is 2.68. The molecular weight excluding hydrogens is 278 g/mol. The molecule has 1 rings (SSSR count). The number of carbonyl (C=O) groups excluding carboxylic acids is 2. The molecule has 3 N–H and O–H groups in total. The summed E-state index contributed by atoms with van der Waals surface area (Å²) in [6.45, 7) is 2.06. The first-order valence-corrected chi connectivity index (χ1v) is 7.01. The average Bonchev–Trinajstić information content (AvgIpc) is 2.44. The van der Waals surface area contributed by atoms with Crippen molar-refractivity contribution < 1.29 is 18.4 Å².